The summed E-state index contributed by atoms with van der Waals surface area (Å²) in [4.78, 5) is 35.8. The van der Waals surface area contributed by atoms with Crippen LogP contribution >= 0.6 is 11.3 Å². The van der Waals surface area contributed by atoms with Crippen LogP contribution in [0.25, 0.3) is 0 Å². The quantitative estimate of drug-likeness (QED) is 0.440. The van der Waals surface area contributed by atoms with E-state index in [1.165, 1.54) is 27.8 Å². The SMILES string of the molecule is O=C(O)COc1ccc(CCNC(=O)c2cc3c(s2)CCNC3)cc1OCC(=O)O. The van der Waals surface area contributed by atoms with Crippen LogP contribution in [0.5, 0.6) is 11.5 Å². The number of carbonyl (C=O) groups excluding carboxylic acids is 1. The Hall–Kier alpha value is -3.11. The predicted octanol–water partition coefficient (Wildman–Crippen LogP) is 1.29. The molecule has 1 aromatic carbocycles. The lowest BCUT2D eigenvalue weighted by Gasteiger charge is -2.12. The summed E-state index contributed by atoms with van der Waals surface area (Å²) in [6, 6.07) is 6.75. The van der Waals surface area contributed by atoms with Gasteiger partial charge in [-0.1, -0.05) is 6.07 Å². The van der Waals surface area contributed by atoms with Gasteiger partial charge in [-0.25, -0.2) is 9.59 Å². The summed E-state index contributed by atoms with van der Waals surface area (Å²) in [7, 11) is 0. The molecule has 0 saturated heterocycles. The number of nitrogens with one attached hydrogen (secondary N) is 2. The van der Waals surface area contributed by atoms with E-state index in [1.807, 2.05) is 6.07 Å². The molecule has 2 heterocycles. The summed E-state index contributed by atoms with van der Waals surface area (Å²) in [5, 5.41) is 23.7. The lowest BCUT2D eigenvalue weighted by molar-refractivity contribution is -0.140. The summed E-state index contributed by atoms with van der Waals surface area (Å²) in [5.74, 6) is -2.16. The second-order valence-corrected chi connectivity index (χ2v) is 7.77. The summed E-state index contributed by atoms with van der Waals surface area (Å²) in [6.07, 6.45) is 1.42. The number of carbonyl (C=O) groups is 3. The van der Waals surface area contributed by atoms with E-state index in [4.69, 9.17) is 19.7 Å². The maximum atomic E-state index is 12.4. The molecule has 0 atom stereocenters. The van der Waals surface area contributed by atoms with Crippen molar-refractivity contribution >= 4 is 29.2 Å². The zero-order valence-electron chi connectivity index (χ0n) is 16.1. The van der Waals surface area contributed by atoms with Gasteiger partial charge in [0.15, 0.2) is 24.7 Å². The second-order valence-electron chi connectivity index (χ2n) is 6.64. The third-order valence-corrected chi connectivity index (χ3v) is 5.61. The highest BCUT2D eigenvalue weighted by molar-refractivity contribution is 7.14. The first-order valence-electron chi connectivity index (χ1n) is 9.35. The Labute approximate surface area is 176 Å². The number of carboxylic acid groups (broad SMARTS) is 2. The molecule has 1 aliphatic heterocycles. The highest BCUT2D eigenvalue weighted by atomic mass is 32.1. The third-order valence-electron chi connectivity index (χ3n) is 4.37. The molecule has 0 unspecified atom stereocenters. The Balaban J connectivity index is 1.58. The lowest BCUT2D eigenvalue weighted by atomic mass is 10.1. The van der Waals surface area contributed by atoms with Gasteiger partial charge >= 0.3 is 11.9 Å². The number of hydrogen-bond acceptors (Lipinski definition) is 7. The number of benzene rings is 1. The Kier molecular flexibility index (Phi) is 7.26. The van der Waals surface area contributed by atoms with Crippen LogP contribution in [0.4, 0.5) is 0 Å². The van der Waals surface area contributed by atoms with Crippen LogP contribution in [0.1, 0.15) is 25.7 Å². The molecule has 0 aliphatic carbocycles. The highest BCUT2D eigenvalue weighted by Gasteiger charge is 2.17. The minimum Gasteiger partial charge on any atom is -0.479 e. The molecule has 9 nitrogen and oxygen atoms in total. The lowest BCUT2D eigenvalue weighted by Crippen LogP contribution is -2.25. The predicted molar refractivity (Wildman–Crippen MR) is 108 cm³/mol. The van der Waals surface area contributed by atoms with E-state index in [9.17, 15) is 14.4 Å². The first-order chi connectivity index (χ1) is 14.4. The number of thiophene rings is 1. The van der Waals surface area contributed by atoms with Gasteiger partial charge in [-0.3, -0.25) is 4.79 Å². The molecular weight excluding hydrogens is 412 g/mol. The molecule has 4 N–H and O–H groups in total. The molecule has 3 rings (SSSR count). The average molecular weight is 434 g/mol. The van der Waals surface area contributed by atoms with Crippen LogP contribution in [0.15, 0.2) is 24.3 Å². The summed E-state index contributed by atoms with van der Waals surface area (Å²) in [6.45, 7) is 0.940. The van der Waals surface area contributed by atoms with Crippen LogP contribution in [0, 0.1) is 0 Å². The fourth-order valence-corrected chi connectivity index (χ4v) is 4.09. The molecule has 160 valence electrons. The van der Waals surface area contributed by atoms with Crippen molar-refractivity contribution in [1.29, 1.82) is 0 Å². The number of amides is 1. The molecule has 2 aromatic rings. The molecule has 0 fully saturated rings. The van der Waals surface area contributed by atoms with Crippen LogP contribution in [0.2, 0.25) is 0 Å². The molecule has 10 heteroatoms. The largest absolute Gasteiger partial charge is 0.479 e. The van der Waals surface area contributed by atoms with Gasteiger partial charge in [0, 0.05) is 24.5 Å². The van der Waals surface area contributed by atoms with Crippen molar-refractivity contribution in [3.63, 3.8) is 0 Å². The Morgan fingerprint density at radius 1 is 1.07 bits per heavy atom. The van der Waals surface area contributed by atoms with Gasteiger partial charge in [-0.05, 0) is 42.2 Å². The topological polar surface area (TPSA) is 134 Å². The standard InChI is InChI=1S/C20H22N2O7S/c23-18(24)10-28-14-2-1-12(7-15(14)29-11-19(25)26)3-6-22-20(27)17-8-13-9-21-5-4-16(13)30-17/h1-2,7-8,21H,3-6,9-11H2,(H,22,27)(H,23,24)(H,25,26). The zero-order valence-corrected chi connectivity index (χ0v) is 16.9. The van der Waals surface area contributed by atoms with Crippen LogP contribution < -0.4 is 20.1 Å². The summed E-state index contributed by atoms with van der Waals surface area (Å²) in [5.41, 5.74) is 1.96. The van der Waals surface area contributed by atoms with E-state index in [1.54, 1.807) is 12.1 Å². The van der Waals surface area contributed by atoms with E-state index in [-0.39, 0.29) is 17.4 Å². The molecule has 30 heavy (non-hydrogen) atoms. The number of carboxylic acids is 2. The average Bonchev–Trinajstić information content (AvgIpc) is 3.15. The Morgan fingerprint density at radius 3 is 2.50 bits per heavy atom. The fourth-order valence-electron chi connectivity index (χ4n) is 2.99. The van der Waals surface area contributed by atoms with Gasteiger partial charge in [-0.2, -0.15) is 0 Å². The number of aliphatic carboxylic acids is 2. The fraction of sp³-hybridized carbons (Fsp3) is 0.350. The van der Waals surface area contributed by atoms with Gasteiger partial charge in [0.25, 0.3) is 5.91 Å². The number of rotatable bonds is 10. The molecule has 1 aliphatic rings. The van der Waals surface area contributed by atoms with Crippen LogP contribution in [-0.2, 0) is 29.0 Å². The first kappa shape index (κ1) is 21.6. The Bertz CT molecular complexity index is 918. The normalized spacial score (nSPS) is 12.7. The molecule has 0 radical (unpaired) electrons. The van der Waals surface area contributed by atoms with Crippen molar-refractivity contribution in [1.82, 2.24) is 10.6 Å². The van der Waals surface area contributed by atoms with E-state index >= 15 is 0 Å². The highest BCUT2D eigenvalue weighted by Crippen LogP contribution is 2.29. The second kappa shape index (κ2) is 10.1. The van der Waals surface area contributed by atoms with Crippen LogP contribution in [-0.4, -0.2) is 54.4 Å². The van der Waals surface area contributed by atoms with E-state index < -0.39 is 25.2 Å². The minimum atomic E-state index is -1.16. The Morgan fingerprint density at radius 2 is 1.80 bits per heavy atom. The van der Waals surface area contributed by atoms with Crippen molar-refractivity contribution in [2.45, 2.75) is 19.4 Å². The third kappa shape index (κ3) is 5.94. The van der Waals surface area contributed by atoms with Gasteiger partial charge < -0.3 is 30.3 Å². The van der Waals surface area contributed by atoms with Crippen molar-refractivity contribution in [3.8, 4) is 11.5 Å². The minimum absolute atomic E-state index is 0.127. The number of hydrogen-bond donors (Lipinski definition) is 4. The monoisotopic (exact) mass is 434 g/mol. The van der Waals surface area contributed by atoms with Crippen molar-refractivity contribution in [2.24, 2.45) is 0 Å². The van der Waals surface area contributed by atoms with Gasteiger partial charge in [0.1, 0.15) is 0 Å². The van der Waals surface area contributed by atoms with Gasteiger partial charge in [-0.15, -0.1) is 11.3 Å². The number of ether oxygens (including phenoxy) is 2. The smallest absolute Gasteiger partial charge is 0.341 e. The van der Waals surface area contributed by atoms with Crippen LogP contribution in [0.3, 0.4) is 0 Å². The zero-order chi connectivity index (χ0) is 21.5. The first-order valence-corrected chi connectivity index (χ1v) is 10.2. The summed E-state index contributed by atoms with van der Waals surface area (Å²) < 4.78 is 10.3. The van der Waals surface area contributed by atoms with Crippen molar-refractivity contribution in [2.75, 3.05) is 26.3 Å². The van der Waals surface area contributed by atoms with E-state index in [2.05, 4.69) is 10.6 Å². The summed E-state index contributed by atoms with van der Waals surface area (Å²) >= 11 is 1.52. The number of fused-ring (bicyclic) bond motifs is 1. The van der Waals surface area contributed by atoms with Gasteiger partial charge in [0.2, 0.25) is 0 Å². The molecule has 0 spiro atoms. The van der Waals surface area contributed by atoms with E-state index in [0.29, 0.717) is 17.8 Å². The maximum Gasteiger partial charge on any atom is 0.341 e. The van der Waals surface area contributed by atoms with Crippen molar-refractivity contribution < 1.29 is 34.1 Å². The molecule has 0 bridgehead atoms. The molecular formula is C20H22N2O7S. The van der Waals surface area contributed by atoms with Crippen molar-refractivity contribution in [3.05, 3.63) is 45.1 Å². The van der Waals surface area contributed by atoms with Gasteiger partial charge in [0.05, 0.1) is 4.88 Å². The maximum absolute atomic E-state index is 12.4. The molecule has 1 amide bonds. The molecule has 1 aromatic heterocycles. The molecule has 0 saturated carbocycles. The van der Waals surface area contributed by atoms with E-state index in [0.717, 1.165) is 25.1 Å².